The second kappa shape index (κ2) is 6.55. The number of aromatic nitrogens is 6. The lowest BCUT2D eigenvalue weighted by molar-refractivity contribution is -0.137. The summed E-state index contributed by atoms with van der Waals surface area (Å²) < 4.78 is 40.1. The van der Waals surface area contributed by atoms with Gasteiger partial charge in [-0.1, -0.05) is 18.2 Å². The summed E-state index contributed by atoms with van der Waals surface area (Å²) in [6.07, 6.45) is -2.83. The minimum Gasteiger partial charge on any atom is -0.269 e. The van der Waals surface area contributed by atoms with E-state index in [1.165, 1.54) is 27.4 Å². The highest BCUT2D eigenvalue weighted by molar-refractivity contribution is 5.55. The molecule has 3 aromatic heterocycles. The molecule has 0 fully saturated rings. The summed E-state index contributed by atoms with van der Waals surface area (Å²) in [5.74, 6) is 0.0554. The average molecular weight is 386 g/mol. The Balaban J connectivity index is 1.65. The summed E-state index contributed by atoms with van der Waals surface area (Å²) in [5, 5.41) is 11.8. The maximum absolute atomic E-state index is 12.9. The predicted molar refractivity (Wildman–Crippen MR) is 93.6 cm³/mol. The fraction of sp³-hybridized carbons (Fsp3) is 0.167. The molecule has 142 valence electrons. The summed E-state index contributed by atoms with van der Waals surface area (Å²) in [6, 6.07) is 9.65. The van der Waals surface area contributed by atoms with Gasteiger partial charge in [-0.05, 0) is 35.9 Å². The van der Waals surface area contributed by atoms with Crippen molar-refractivity contribution in [2.45, 2.75) is 19.6 Å². The van der Waals surface area contributed by atoms with Crippen LogP contribution in [0.2, 0.25) is 0 Å². The van der Waals surface area contributed by atoms with E-state index in [2.05, 4.69) is 20.4 Å². The number of aryl methyl sites for hydroxylation is 1. The van der Waals surface area contributed by atoms with Crippen molar-refractivity contribution in [2.24, 2.45) is 0 Å². The largest absolute Gasteiger partial charge is 0.416 e. The molecule has 0 amide bonds. The zero-order chi connectivity index (χ0) is 19.9. The lowest BCUT2D eigenvalue weighted by Gasteiger charge is -2.06. The van der Waals surface area contributed by atoms with Gasteiger partial charge in [0, 0.05) is 17.8 Å². The van der Waals surface area contributed by atoms with Gasteiger partial charge in [0.15, 0.2) is 0 Å². The van der Waals surface area contributed by atoms with Crippen molar-refractivity contribution in [1.29, 1.82) is 0 Å². The first-order valence-corrected chi connectivity index (χ1v) is 8.24. The number of rotatable bonds is 3. The second-order valence-corrected chi connectivity index (χ2v) is 6.19. The lowest BCUT2D eigenvalue weighted by Crippen LogP contribution is -2.18. The topological polar surface area (TPSA) is 78.0 Å². The predicted octanol–water partition coefficient (Wildman–Crippen LogP) is 2.72. The Hall–Kier alpha value is -3.56. The van der Waals surface area contributed by atoms with E-state index in [-0.39, 0.29) is 23.5 Å². The van der Waals surface area contributed by atoms with Crippen LogP contribution in [-0.4, -0.2) is 29.6 Å². The van der Waals surface area contributed by atoms with Gasteiger partial charge in [0.25, 0.3) is 5.56 Å². The highest BCUT2D eigenvalue weighted by atomic mass is 19.4. The second-order valence-electron chi connectivity index (χ2n) is 6.19. The van der Waals surface area contributed by atoms with Crippen molar-refractivity contribution in [3.8, 4) is 11.4 Å². The third-order valence-corrected chi connectivity index (χ3v) is 4.14. The van der Waals surface area contributed by atoms with Crippen LogP contribution in [0.1, 0.15) is 16.8 Å². The molecule has 0 bridgehead atoms. The molecular formula is C18H13F3N6O. The molecule has 0 atom stereocenters. The van der Waals surface area contributed by atoms with Gasteiger partial charge < -0.3 is 0 Å². The van der Waals surface area contributed by atoms with Crippen LogP contribution in [0, 0.1) is 6.92 Å². The highest BCUT2D eigenvalue weighted by Gasteiger charge is 2.30. The van der Waals surface area contributed by atoms with Gasteiger partial charge in [-0.25, -0.2) is 4.98 Å². The molecule has 4 aromatic rings. The minimum absolute atomic E-state index is 0.0554. The zero-order valence-corrected chi connectivity index (χ0v) is 14.6. The van der Waals surface area contributed by atoms with E-state index >= 15 is 0 Å². The highest BCUT2D eigenvalue weighted by Crippen LogP contribution is 2.31. The SMILES string of the molecule is Cc1cccn2c(=O)cc(Cn3nnc(-c4cccc(C(F)(F)F)c4)n3)nc12. The van der Waals surface area contributed by atoms with E-state index in [1.807, 2.05) is 13.0 Å². The molecule has 0 aliphatic carbocycles. The summed E-state index contributed by atoms with van der Waals surface area (Å²) in [6.45, 7) is 1.90. The molecule has 0 spiro atoms. The molecular weight excluding hydrogens is 373 g/mol. The van der Waals surface area contributed by atoms with E-state index in [4.69, 9.17) is 0 Å². The van der Waals surface area contributed by atoms with E-state index in [0.29, 0.717) is 11.3 Å². The smallest absolute Gasteiger partial charge is 0.269 e. The summed E-state index contributed by atoms with van der Waals surface area (Å²) in [4.78, 5) is 17.9. The molecule has 10 heteroatoms. The van der Waals surface area contributed by atoms with Crippen LogP contribution >= 0.6 is 0 Å². The number of benzene rings is 1. The van der Waals surface area contributed by atoms with Gasteiger partial charge in [0.05, 0.1) is 11.3 Å². The number of fused-ring (bicyclic) bond motifs is 1. The monoisotopic (exact) mass is 386 g/mol. The molecule has 7 nitrogen and oxygen atoms in total. The first kappa shape index (κ1) is 17.8. The van der Waals surface area contributed by atoms with Gasteiger partial charge in [0.2, 0.25) is 5.82 Å². The van der Waals surface area contributed by atoms with Crippen LogP contribution in [0.4, 0.5) is 13.2 Å². The summed E-state index contributed by atoms with van der Waals surface area (Å²) in [5.41, 5.74) is 0.930. The number of pyridine rings is 1. The Morgan fingerprint density at radius 1 is 1.11 bits per heavy atom. The standard InChI is InChI=1S/C18H13F3N6O/c1-11-4-3-7-26-15(28)9-14(22-17(11)26)10-27-24-16(23-25-27)12-5-2-6-13(8-12)18(19,20)21/h2-9H,10H2,1H3. The number of halogens is 3. The van der Waals surface area contributed by atoms with Crippen molar-refractivity contribution < 1.29 is 13.2 Å². The van der Waals surface area contributed by atoms with Crippen LogP contribution in [0.5, 0.6) is 0 Å². The van der Waals surface area contributed by atoms with Crippen molar-refractivity contribution in [2.75, 3.05) is 0 Å². The van der Waals surface area contributed by atoms with Crippen molar-refractivity contribution in [3.05, 3.63) is 75.8 Å². The zero-order valence-electron chi connectivity index (χ0n) is 14.6. The molecule has 4 rings (SSSR count). The maximum Gasteiger partial charge on any atom is 0.416 e. The van der Waals surface area contributed by atoms with Gasteiger partial charge in [-0.3, -0.25) is 9.20 Å². The molecule has 0 saturated carbocycles. The van der Waals surface area contributed by atoms with E-state index < -0.39 is 11.7 Å². The average Bonchev–Trinajstić information content (AvgIpc) is 3.11. The summed E-state index contributed by atoms with van der Waals surface area (Å²) >= 11 is 0. The normalized spacial score (nSPS) is 11.9. The number of hydrogen-bond acceptors (Lipinski definition) is 5. The molecule has 0 aliphatic heterocycles. The molecule has 0 unspecified atom stereocenters. The van der Waals surface area contributed by atoms with Crippen molar-refractivity contribution in [1.82, 2.24) is 29.6 Å². The summed E-state index contributed by atoms with van der Waals surface area (Å²) in [7, 11) is 0. The van der Waals surface area contributed by atoms with Crippen molar-refractivity contribution >= 4 is 5.65 Å². The molecule has 0 aliphatic rings. The molecule has 1 aromatic carbocycles. The van der Waals surface area contributed by atoms with Crippen LogP contribution in [-0.2, 0) is 12.7 Å². The lowest BCUT2D eigenvalue weighted by atomic mass is 10.1. The van der Waals surface area contributed by atoms with Crippen molar-refractivity contribution in [3.63, 3.8) is 0 Å². The third kappa shape index (κ3) is 3.36. The van der Waals surface area contributed by atoms with E-state index in [9.17, 15) is 18.0 Å². The molecule has 0 saturated heterocycles. The number of alkyl halides is 3. The Labute approximate surface area is 156 Å². The van der Waals surface area contributed by atoms with Gasteiger partial charge >= 0.3 is 6.18 Å². The van der Waals surface area contributed by atoms with E-state index in [1.54, 1.807) is 12.3 Å². The molecule has 3 heterocycles. The van der Waals surface area contributed by atoms with E-state index in [0.717, 1.165) is 17.7 Å². The third-order valence-electron chi connectivity index (χ3n) is 4.14. The molecule has 0 N–H and O–H groups in total. The number of tetrazole rings is 1. The number of hydrogen-bond donors (Lipinski definition) is 0. The Kier molecular flexibility index (Phi) is 4.17. The quantitative estimate of drug-likeness (QED) is 0.541. The van der Waals surface area contributed by atoms with Gasteiger partial charge in [0.1, 0.15) is 12.2 Å². The maximum atomic E-state index is 12.9. The number of nitrogens with zero attached hydrogens (tertiary/aromatic N) is 6. The minimum atomic E-state index is -4.46. The Morgan fingerprint density at radius 3 is 2.71 bits per heavy atom. The van der Waals surface area contributed by atoms with Gasteiger partial charge in [-0.15, -0.1) is 10.2 Å². The molecule has 0 radical (unpaired) electrons. The fourth-order valence-electron chi connectivity index (χ4n) is 2.80. The first-order valence-electron chi connectivity index (χ1n) is 8.24. The van der Waals surface area contributed by atoms with Crippen LogP contribution in [0.3, 0.4) is 0 Å². The van der Waals surface area contributed by atoms with Crippen LogP contribution in [0.15, 0.2) is 53.5 Å². The molecule has 28 heavy (non-hydrogen) atoms. The fourth-order valence-corrected chi connectivity index (χ4v) is 2.80. The van der Waals surface area contributed by atoms with Crippen LogP contribution in [0.25, 0.3) is 17.0 Å². The Bertz CT molecular complexity index is 1230. The first-order chi connectivity index (χ1) is 13.3. The van der Waals surface area contributed by atoms with Gasteiger partial charge in [-0.2, -0.15) is 18.0 Å². The Morgan fingerprint density at radius 2 is 1.93 bits per heavy atom. The van der Waals surface area contributed by atoms with Crippen LogP contribution < -0.4 is 5.56 Å².